The molecule has 0 aromatic rings. The van der Waals surface area contributed by atoms with Crippen LogP contribution in [0, 0.1) is 5.92 Å². The summed E-state index contributed by atoms with van der Waals surface area (Å²) in [5.41, 5.74) is 0. The Bertz CT molecular complexity index is 199. The maximum Gasteiger partial charge on any atom is 0.0967 e. The van der Waals surface area contributed by atoms with Crippen molar-refractivity contribution in [3.63, 3.8) is 0 Å². The van der Waals surface area contributed by atoms with Crippen molar-refractivity contribution in [3.05, 3.63) is 0 Å². The summed E-state index contributed by atoms with van der Waals surface area (Å²) in [6.45, 7) is 6.67. The van der Waals surface area contributed by atoms with Crippen molar-refractivity contribution in [2.24, 2.45) is 10.9 Å². The van der Waals surface area contributed by atoms with Crippen LogP contribution < -0.4 is 5.32 Å². The zero-order valence-electron chi connectivity index (χ0n) is 11.1. The Hall–Kier alpha value is -0.530. The molecule has 0 spiro atoms. The van der Waals surface area contributed by atoms with Crippen LogP contribution in [-0.2, 0) is 0 Å². The molecule has 0 bridgehead atoms. The van der Waals surface area contributed by atoms with Crippen molar-refractivity contribution in [2.45, 2.75) is 65.2 Å². The van der Waals surface area contributed by atoms with Gasteiger partial charge in [-0.05, 0) is 5.92 Å². The predicted molar refractivity (Wildman–Crippen MR) is 72.1 cm³/mol. The van der Waals surface area contributed by atoms with Gasteiger partial charge in [0.1, 0.15) is 0 Å². The number of rotatable bonds is 9. The normalized spacial score (nSPS) is 17.0. The highest BCUT2D eigenvalue weighted by atomic mass is 15.1. The molecule has 16 heavy (non-hydrogen) atoms. The van der Waals surface area contributed by atoms with Crippen LogP contribution in [0.2, 0.25) is 0 Å². The molecule has 1 unspecified atom stereocenters. The Morgan fingerprint density at radius 3 is 2.62 bits per heavy atom. The van der Waals surface area contributed by atoms with Crippen molar-refractivity contribution in [1.29, 1.82) is 0 Å². The quantitative estimate of drug-likeness (QED) is 0.592. The Morgan fingerprint density at radius 2 is 1.94 bits per heavy atom. The number of unbranched alkanes of at least 4 members (excludes halogenated alkanes) is 5. The van der Waals surface area contributed by atoms with Crippen LogP contribution in [0.1, 0.15) is 65.2 Å². The minimum atomic E-state index is 0.801. The Balaban J connectivity index is 1.91. The van der Waals surface area contributed by atoms with E-state index in [1.165, 1.54) is 50.8 Å². The van der Waals surface area contributed by atoms with E-state index in [1.54, 1.807) is 0 Å². The fourth-order valence-electron chi connectivity index (χ4n) is 2.29. The molecular weight excluding hydrogens is 196 g/mol. The summed E-state index contributed by atoms with van der Waals surface area (Å²) in [5, 5.41) is 3.36. The molecule has 1 aliphatic heterocycles. The maximum atomic E-state index is 4.45. The molecule has 1 N–H and O–H groups in total. The highest BCUT2D eigenvalue weighted by molar-refractivity contribution is 5.83. The molecular formula is C14H28N2. The van der Waals surface area contributed by atoms with Crippen molar-refractivity contribution in [2.75, 3.05) is 13.1 Å². The van der Waals surface area contributed by atoms with Crippen LogP contribution in [0.25, 0.3) is 0 Å². The summed E-state index contributed by atoms with van der Waals surface area (Å²) in [6.07, 6.45) is 11.0. The van der Waals surface area contributed by atoms with Gasteiger partial charge >= 0.3 is 0 Å². The number of aliphatic imine (C=N–C) groups is 1. The van der Waals surface area contributed by atoms with Gasteiger partial charge in [0.25, 0.3) is 0 Å². The summed E-state index contributed by atoms with van der Waals surface area (Å²) < 4.78 is 0. The highest BCUT2D eigenvalue weighted by Gasteiger charge is 2.09. The van der Waals surface area contributed by atoms with Gasteiger partial charge in [0, 0.05) is 13.0 Å². The van der Waals surface area contributed by atoms with Crippen LogP contribution in [0.15, 0.2) is 4.99 Å². The van der Waals surface area contributed by atoms with E-state index in [1.807, 2.05) is 0 Å². The smallest absolute Gasteiger partial charge is 0.0967 e. The lowest BCUT2D eigenvalue weighted by Crippen LogP contribution is -2.20. The third-order valence-corrected chi connectivity index (χ3v) is 3.34. The van der Waals surface area contributed by atoms with Crippen molar-refractivity contribution < 1.29 is 0 Å². The Labute approximate surface area is 101 Å². The average molecular weight is 224 g/mol. The van der Waals surface area contributed by atoms with Gasteiger partial charge in [-0.3, -0.25) is 4.99 Å². The molecule has 94 valence electrons. The zero-order chi connectivity index (χ0) is 11.6. The van der Waals surface area contributed by atoms with E-state index in [9.17, 15) is 0 Å². The summed E-state index contributed by atoms with van der Waals surface area (Å²) in [6, 6.07) is 0. The fourth-order valence-corrected chi connectivity index (χ4v) is 2.29. The van der Waals surface area contributed by atoms with Crippen molar-refractivity contribution >= 4 is 5.84 Å². The second-order valence-corrected chi connectivity index (χ2v) is 5.12. The molecule has 1 heterocycles. The van der Waals surface area contributed by atoms with E-state index in [0.717, 1.165) is 25.4 Å². The molecule has 0 saturated heterocycles. The summed E-state index contributed by atoms with van der Waals surface area (Å²) in [4.78, 5) is 4.45. The third kappa shape index (κ3) is 6.14. The molecule has 0 aromatic heterocycles. The minimum Gasteiger partial charge on any atom is -0.372 e. The van der Waals surface area contributed by atoms with Crippen molar-refractivity contribution in [1.82, 2.24) is 5.32 Å². The first-order valence-electron chi connectivity index (χ1n) is 7.10. The first-order valence-corrected chi connectivity index (χ1v) is 7.10. The maximum absolute atomic E-state index is 4.45. The molecule has 1 rings (SSSR count). The number of amidine groups is 1. The fraction of sp³-hybridized carbons (Fsp3) is 0.929. The number of nitrogens with one attached hydrogen (secondary N) is 1. The molecule has 2 nitrogen and oxygen atoms in total. The van der Waals surface area contributed by atoms with Crippen LogP contribution in [0.3, 0.4) is 0 Å². The molecule has 0 amide bonds. The van der Waals surface area contributed by atoms with Gasteiger partial charge in [0.05, 0.1) is 12.4 Å². The largest absolute Gasteiger partial charge is 0.372 e. The molecule has 1 aliphatic rings. The van der Waals surface area contributed by atoms with Crippen LogP contribution >= 0.6 is 0 Å². The summed E-state index contributed by atoms with van der Waals surface area (Å²) >= 11 is 0. The molecule has 0 saturated carbocycles. The second-order valence-electron chi connectivity index (χ2n) is 5.12. The van der Waals surface area contributed by atoms with Gasteiger partial charge in [0.15, 0.2) is 0 Å². The molecule has 0 radical (unpaired) electrons. The first kappa shape index (κ1) is 13.5. The van der Waals surface area contributed by atoms with Gasteiger partial charge in [-0.15, -0.1) is 0 Å². The Kier molecular flexibility index (Phi) is 7.28. The minimum absolute atomic E-state index is 0.801. The summed E-state index contributed by atoms with van der Waals surface area (Å²) in [7, 11) is 0. The molecule has 0 aliphatic carbocycles. The average Bonchev–Trinajstić information content (AvgIpc) is 2.76. The highest BCUT2D eigenvalue weighted by Crippen LogP contribution is 2.15. The van der Waals surface area contributed by atoms with Crippen LogP contribution in [-0.4, -0.2) is 18.9 Å². The van der Waals surface area contributed by atoms with E-state index in [-0.39, 0.29) is 0 Å². The molecule has 0 aromatic carbocycles. The molecule has 0 fully saturated rings. The third-order valence-electron chi connectivity index (χ3n) is 3.34. The van der Waals surface area contributed by atoms with Crippen molar-refractivity contribution in [3.8, 4) is 0 Å². The van der Waals surface area contributed by atoms with E-state index in [2.05, 4.69) is 24.2 Å². The predicted octanol–water partition coefficient (Wildman–Crippen LogP) is 3.76. The van der Waals surface area contributed by atoms with Crippen LogP contribution in [0.4, 0.5) is 0 Å². The van der Waals surface area contributed by atoms with Gasteiger partial charge in [-0.1, -0.05) is 58.8 Å². The second kappa shape index (κ2) is 8.60. The number of nitrogens with zero attached hydrogens (tertiary/aromatic N) is 1. The van der Waals surface area contributed by atoms with E-state index < -0.39 is 0 Å². The summed E-state index contributed by atoms with van der Waals surface area (Å²) in [5.74, 6) is 2.05. The van der Waals surface area contributed by atoms with Gasteiger partial charge in [0.2, 0.25) is 0 Å². The first-order chi connectivity index (χ1) is 7.83. The lowest BCUT2D eigenvalue weighted by Gasteiger charge is -2.11. The topological polar surface area (TPSA) is 24.4 Å². The van der Waals surface area contributed by atoms with E-state index in [0.29, 0.717) is 0 Å². The zero-order valence-corrected chi connectivity index (χ0v) is 11.1. The Morgan fingerprint density at radius 1 is 1.19 bits per heavy atom. The SMILES string of the molecule is CCCCCCCCC(C)CC1=NCCN1. The van der Waals surface area contributed by atoms with Gasteiger partial charge in [-0.2, -0.15) is 0 Å². The number of hydrogen-bond donors (Lipinski definition) is 1. The van der Waals surface area contributed by atoms with E-state index >= 15 is 0 Å². The number of hydrogen-bond acceptors (Lipinski definition) is 2. The standard InChI is InChI=1S/C14H28N2/c1-3-4-5-6-7-8-9-13(2)12-14-15-10-11-16-14/h13H,3-12H2,1-2H3,(H,15,16). The molecule has 2 heteroatoms. The van der Waals surface area contributed by atoms with Gasteiger partial charge < -0.3 is 5.32 Å². The van der Waals surface area contributed by atoms with E-state index in [4.69, 9.17) is 0 Å². The monoisotopic (exact) mass is 224 g/mol. The van der Waals surface area contributed by atoms with Gasteiger partial charge in [-0.25, -0.2) is 0 Å². The van der Waals surface area contributed by atoms with Crippen LogP contribution in [0.5, 0.6) is 0 Å². The lowest BCUT2D eigenvalue weighted by atomic mass is 9.98. The lowest BCUT2D eigenvalue weighted by molar-refractivity contribution is 0.493. The molecule has 1 atom stereocenters.